The van der Waals surface area contributed by atoms with Crippen molar-refractivity contribution >= 4 is 0 Å². The van der Waals surface area contributed by atoms with E-state index in [1.807, 2.05) is 11.6 Å². The highest BCUT2D eigenvalue weighted by Gasteiger charge is 2.10. The van der Waals surface area contributed by atoms with E-state index < -0.39 is 5.75 Å². The van der Waals surface area contributed by atoms with Crippen molar-refractivity contribution < 1.29 is 15.3 Å². The summed E-state index contributed by atoms with van der Waals surface area (Å²) in [4.78, 5) is 0. The molecule has 0 aliphatic carbocycles. The fourth-order valence-electron chi connectivity index (χ4n) is 1.71. The molecule has 0 bridgehead atoms. The molecule has 7 nitrogen and oxygen atoms in total. The van der Waals surface area contributed by atoms with Gasteiger partial charge in [0.1, 0.15) is 12.2 Å². The van der Waals surface area contributed by atoms with Crippen molar-refractivity contribution in [1.82, 2.24) is 20.1 Å². The molecule has 0 saturated carbocycles. The quantitative estimate of drug-likeness (QED) is 0.456. The van der Waals surface area contributed by atoms with Gasteiger partial charge in [-0.1, -0.05) is 6.07 Å². The predicted octanol–water partition coefficient (Wildman–Crippen LogP) is 0.264. The highest BCUT2D eigenvalue weighted by molar-refractivity contribution is 5.52. The van der Waals surface area contributed by atoms with E-state index in [0.717, 1.165) is 5.82 Å². The number of benzene rings is 1. The van der Waals surface area contributed by atoms with Crippen LogP contribution in [0.25, 0.3) is 0 Å². The van der Waals surface area contributed by atoms with Gasteiger partial charge < -0.3 is 25.2 Å². The van der Waals surface area contributed by atoms with Gasteiger partial charge in [0.25, 0.3) is 0 Å². The molecule has 0 atom stereocenters. The van der Waals surface area contributed by atoms with Crippen LogP contribution in [0, 0.1) is 0 Å². The molecule has 1 aromatic heterocycles. The molecule has 0 unspecified atom stereocenters. The second-order valence-corrected chi connectivity index (χ2v) is 4.23. The first-order valence-corrected chi connectivity index (χ1v) is 5.86. The van der Waals surface area contributed by atoms with Crippen LogP contribution in [0.5, 0.6) is 17.2 Å². The largest absolute Gasteiger partial charge is 0.504 e. The van der Waals surface area contributed by atoms with Crippen molar-refractivity contribution in [1.29, 1.82) is 0 Å². The summed E-state index contributed by atoms with van der Waals surface area (Å²) in [6.07, 6.45) is 2.35. The van der Waals surface area contributed by atoms with Crippen molar-refractivity contribution in [3.8, 4) is 17.2 Å². The number of aryl methyl sites for hydroxylation is 1. The average molecular weight is 264 g/mol. The Morgan fingerprint density at radius 2 is 2.00 bits per heavy atom. The predicted molar refractivity (Wildman–Crippen MR) is 67.9 cm³/mol. The second kappa shape index (κ2) is 5.57. The molecule has 1 heterocycles. The minimum absolute atomic E-state index is 0.300. The maximum absolute atomic E-state index is 9.63. The molecule has 0 amide bonds. The number of hydrogen-bond acceptors (Lipinski definition) is 6. The van der Waals surface area contributed by atoms with Gasteiger partial charge in [0, 0.05) is 32.1 Å². The van der Waals surface area contributed by atoms with Crippen LogP contribution in [0.2, 0.25) is 0 Å². The molecule has 0 spiro atoms. The summed E-state index contributed by atoms with van der Waals surface area (Å²) in [5.41, 5.74) is 0.522. The Labute approximate surface area is 110 Å². The molecule has 2 rings (SSSR count). The molecule has 7 heteroatoms. The summed E-state index contributed by atoms with van der Waals surface area (Å²) in [7, 11) is 1.87. The number of aromatic nitrogens is 3. The molecule has 102 valence electrons. The second-order valence-electron chi connectivity index (χ2n) is 4.23. The van der Waals surface area contributed by atoms with Crippen molar-refractivity contribution in [2.75, 3.05) is 6.54 Å². The van der Waals surface area contributed by atoms with Gasteiger partial charge in [-0.15, -0.1) is 10.2 Å². The van der Waals surface area contributed by atoms with Gasteiger partial charge in [0.15, 0.2) is 11.5 Å². The molecule has 4 N–H and O–H groups in total. The van der Waals surface area contributed by atoms with Crippen LogP contribution in [0.1, 0.15) is 11.4 Å². The lowest BCUT2D eigenvalue weighted by molar-refractivity contribution is 0.364. The Balaban J connectivity index is 1.86. The number of aromatic hydroxyl groups is 3. The summed E-state index contributed by atoms with van der Waals surface area (Å²) in [6.45, 7) is 1.05. The van der Waals surface area contributed by atoms with Gasteiger partial charge in [0.2, 0.25) is 5.75 Å². The van der Waals surface area contributed by atoms with Gasteiger partial charge in [-0.3, -0.25) is 0 Å². The van der Waals surface area contributed by atoms with Gasteiger partial charge in [0.05, 0.1) is 0 Å². The summed E-state index contributed by atoms with van der Waals surface area (Å²) in [5, 5.41) is 39.1. The molecule has 1 aromatic carbocycles. The Morgan fingerprint density at radius 1 is 1.21 bits per heavy atom. The first-order chi connectivity index (χ1) is 9.09. The fourth-order valence-corrected chi connectivity index (χ4v) is 1.71. The van der Waals surface area contributed by atoms with E-state index in [1.54, 1.807) is 12.4 Å². The molecular formula is C12H16N4O3. The third kappa shape index (κ3) is 2.94. The lowest BCUT2D eigenvalue weighted by Crippen LogP contribution is -2.18. The zero-order valence-corrected chi connectivity index (χ0v) is 10.5. The van der Waals surface area contributed by atoms with Crippen LogP contribution in [0.3, 0.4) is 0 Å². The Bertz CT molecular complexity index is 568. The lowest BCUT2D eigenvalue weighted by Gasteiger charge is -2.08. The summed E-state index contributed by atoms with van der Waals surface area (Å²) < 4.78 is 1.84. The highest BCUT2D eigenvalue weighted by atomic mass is 16.3. The van der Waals surface area contributed by atoms with Crippen LogP contribution < -0.4 is 5.32 Å². The third-order valence-electron chi connectivity index (χ3n) is 2.86. The van der Waals surface area contributed by atoms with E-state index in [-0.39, 0.29) is 11.5 Å². The molecule has 0 radical (unpaired) electrons. The standard InChI is InChI=1S/C12H16N4O3/c1-16-7-14-15-10(16)4-5-13-6-8-2-3-9(17)12(19)11(8)18/h2-3,7,13,17-19H,4-6H2,1H3. The SMILES string of the molecule is Cn1cnnc1CCNCc1ccc(O)c(O)c1O. The Kier molecular flexibility index (Phi) is 3.86. The number of nitrogens with one attached hydrogen (secondary N) is 1. The number of phenols is 3. The number of phenolic OH excluding ortho intramolecular Hbond substituents is 3. The summed E-state index contributed by atoms with van der Waals surface area (Å²) in [6, 6.07) is 2.90. The van der Waals surface area contributed by atoms with Gasteiger partial charge in [-0.2, -0.15) is 0 Å². The molecular weight excluding hydrogens is 248 g/mol. The monoisotopic (exact) mass is 264 g/mol. The van der Waals surface area contributed by atoms with E-state index in [1.165, 1.54) is 6.07 Å². The molecule has 0 fully saturated rings. The minimum atomic E-state index is -0.493. The Hall–Kier alpha value is -2.28. The smallest absolute Gasteiger partial charge is 0.200 e. The van der Waals surface area contributed by atoms with Crippen molar-refractivity contribution in [2.24, 2.45) is 7.05 Å². The lowest BCUT2D eigenvalue weighted by atomic mass is 10.1. The van der Waals surface area contributed by atoms with E-state index in [4.69, 9.17) is 0 Å². The van der Waals surface area contributed by atoms with E-state index in [0.29, 0.717) is 25.1 Å². The van der Waals surface area contributed by atoms with E-state index >= 15 is 0 Å². The summed E-state index contributed by atoms with van der Waals surface area (Å²) in [5.74, 6) is -0.260. The molecule has 2 aromatic rings. The number of hydrogen-bond donors (Lipinski definition) is 4. The first kappa shape index (κ1) is 13.2. The van der Waals surface area contributed by atoms with Gasteiger partial charge in [-0.05, 0) is 6.07 Å². The van der Waals surface area contributed by atoms with Gasteiger partial charge >= 0.3 is 0 Å². The maximum Gasteiger partial charge on any atom is 0.200 e. The topological polar surface area (TPSA) is 103 Å². The average Bonchev–Trinajstić information content (AvgIpc) is 2.80. The fraction of sp³-hybridized carbons (Fsp3) is 0.333. The van der Waals surface area contributed by atoms with Crippen LogP contribution >= 0.6 is 0 Å². The summed E-state index contributed by atoms with van der Waals surface area (Å²) >= 11 is 0. The van der Waals surface area contributed by atoms with E-state index in [2.05, 4.69) is 15.5 Å². The third-order valence-corrected chi connectivity index (χ3v) is 2.86. The number of nitrogens with zero attached hydrogens (tertiary/aromatic N) is 3. The van der Waals surface area contributed by atoms with E-state index in [9.17, 15) is 15.3 Å². The normalized spacial score (nSPS) is 10.8. The molecule has 0 aliphatic rings. The molecule has 19 heavy (non-hydrogen) atoms. The van der Waals surface area contributed by atoms with Crippen molar-refractivity contribution in [3.63, 3.8) is 0 Å². The van der Waals surface area contributed by atoms with Crippen LogP contribution in [-0.2, 0) is 20.0 Å². The van der Waals surface area contributed by atoms with Crippen LogP contribution in [0.4, 0.5) is 0 Å². The Morgan fingerprint density at radius 3 is 2.68 bits per heavy atom. The first-order valence-electron chi connectivity index (χ1n) is 5.86. The van der Waals surface area contributed by atoms with Crippen LogP contribution in [-0.4, -0.2) is 36.6 Å². The number of rotatable bonds is 5. The highest BCUT2D eigenvalue weighted by Crippen LogP contribution is 2.36. The van der Waals surface area contributed by atoms with Crippen molar-refractivity contribution in [2.45, 2.75) is 13.0 Å². The zero-order valence-electron chi connectivity index (χ0n) is 10.5. The maximum atomic E-state index is 9.63. The van der Waals surface area contributed by atoms with Crippen LogP contribution in [0.15, 0.2) is 18.5 Å². The van der Waals surface area contributed by atoms with Crippen molar-refractivity contribution in [3.05, 3.63) is 29.8 Å². The zero-order chi connectivity index (χ0) is 13.8. The molecule has 0 aliphatic heterocycles. The van der Waals surface area contributed by atoms with Gasteiger partial charge in [-0.25, -0.2) is 0 Å². The minimum Gasteiger partial charge on any atom is -0.504 e. The molecule has 0 saturated heterocycles.